The summed E-state index contributed by atoms with van der Waals surface area (Å²) in [6.45, 7) is 2.24. The van der Waals surface area contributed by atoms with Crippen LogP contribution in [0.1, 0.15) is 81.5 Å². The third-order valence-electron chi connectivity index (χ3n) is 3.88. The minimum atomic E-state index is 0.135. The van der Waals surface area contributed by atoms with Gasteiger partial charge in [0, 0.05) is 23.4 Å². The molecule has 3 heteroatoms. The second-order valence-corrected chi connectivity index (χ2v) is 5.85. The Hall–Kier alpha value is -1.51. The third-order valence-corrected chi connectivity index (χ3v) is 3.88. The van der Waals surface area contributed by atoms with Gasteiger partial charge in [0.2, 0.25) is 0 Å². The quantitative estimate of drug-likeness (QED) is 0.344. The molecule has 21 heavy (non-hydrogen) atoms. The Kier molecular flexibility index (Phi) is 8.56. The maximum absolute atomic E-state index is 12.1. The van der Waals surface area contributed by atoms with Gasteiger partial charge in [0.05, 0.1) is 0 Å². The van der Waals surface area contributed by atoms with Crippen molar-refractivity contribution in [2.75, 3.05) is 11.5 Å². The molecule has 0 spiro atoms. The zero-order valence-electron chi connectivity index (χ0n) is 13.4. The molecule has 0 atom stereocenters. The van der Waals surface area contributed by atoms with Crippen molar-refractivity contribution in [3.8, 4) is 0 Å². The van der Waals surface area contributed by atoms with Crippen LogP contribution in [0.15, 0.2) is 18.2 Å². The molecule has 0 saturated carbocycles. The molecule has 3 nitrogen and oxygen atoms in total. The zero-order chi connectivity index (χ0) is 15.5. The van der Waals surface area contributed by atoms with E-state index >= 15 is 0 Å². The maximum Gasteiger partial charge on any atom is 0.164 e. The Bertz CT molecular complexity index is 429. The number of rotatable bonds is 11. The molecule has 0 unspecified atom stereocenters. The number of carbonyl (C=O) groups excluding carboxylic acids is 1. The highest BCUT2D eigenvalue weighted by molar-refractivity contribution is 6.01. The van der Waals surface area contributed by atoms with Gasteiger partial charge in [-0.2, -0.15) is 0 Å². The Morgan fingerprint density at radius 1 is 0.905 bits per heavy atom. The van der Waals surface area contributed by atoms with Crippen LogP contribution in [0.5, 0.6) is 0 Å². The number of Topliss-reactive ketones (excluding diaryl/α,β-unsaturated/α-hetero) is 1. The highest BCUT2D eigenvalue weighted by Gasteiger charge is 2.09. The minimum Gasteiger partial charge on any atom is -0.399 e. The van der Waals surface area contributed by atoms with E-state index in [-0.39, 0.29) is 5.78 Å². The first kappa shape index (κ1) is 17.5. The van der Waals surface area contributed by atoms with Crippen molar-refractivity contribution in [2.45, 2.75) is 71.1 Å². The Morgan fingerprint density at radius 2 is 1.48 bits per heavy atom. The average molecular weight is 290 g/mol. The van der Waals surface area contributed by atoms with E-state index < -0.39 is 0 Å². The zero-order valence-corrected chi connectivity index (χ0v) is 13.4. The highest BCUT2D eigenvalue weighted by atomic mass is 16.1. The van der Waals surface area contributed by atoms with Gasteiger partial charge >= 0.3 is 0 Å². The number of benzene rings is 1. The van der Waals surface area contributed by atoms with E-state index in [1.54, 1.807) is 18.2 Å². The van der Waals surface area contributed by atoms with E-state index in [9.17, 15) is 4.79 Å². The summed E-state index contributed by atoms with van der Waals surface area (Å²) in [7, 11) is 0. The molecule has 0 heterocycles. The molecule has 0 aliphatic heterocycles. The van der Waals surface area contributed by atoms with E-state index in [0.717, 1.165) is 12.8 Å². The summed E-state index contributed by atoms with van der Waals surface area (Å²) in [5.41, 5.74) is 13.2. The van der Waals surface area contributed by atoms with Gasteiger partial charge in [0.15, 0.2) is 5.78 Å². The highest BCUT2D eigenvalue weighted by Crippen LogP contribution is 2.19. The molecule has 0 amide bonds. The molecule has 0 radical (unpaired) electrons. The second kappa shape index (κ2) is 10.3. The lowest BCUT2D eigenvalue weighted by molar-refractivity contribution is 0.0980. The second-order valence-electron chi connectivity index (χ2n) is 5.85. The van der Waals surface area contributed by atoms with Crippen molar-refractivity contribution < 1.29 is 4.79 Å². The number of nitrogen functional groups attached to an aromatic ring is 2. The van der Waals surface area contributed by atoms with Crippen LogP contribution in [0.4, 0.5) is 11.4 Å². The van der Waals surface area contributed by atoms with E-state index in [0.29, 0.717) is 23.4 Å². The summed E-state index contributed by atoms with van der Waals surface area (Å²) >= 11 is 0. The van der Waals surface area contributed by atoms with E-state index in [1.807, 2.05) is 0 Å². The van der Waals surface area contributed by atoms with Crippen LogP contribution in [0.25, 0.3) is 0 Å². The molecule has 0 aromatic heterocycles. The first-order chi connectivity index (χ1) is 10.1. The smallest absolute Gasteiger partial charge is 0.164 e. The van der Waals surface area contributed by atoms with Gasteiger partial charge in [-0.05, 0) is 24.6 Å². The minimum absolute atomic E-state index is 0.135. The van der Waals surface area contributed by atoms with Crippen molar-refractivity contribution >= 4 is 17.2 Å². The van der Waals surface area contributed by atoms with Crippen LogP contribution < -0.4 is 11.5 Å². The number of carbonyl (C=O) groups is 1. The van der Waals surface area contributed by atoms with Crippen LogP contribution in [-0.4, -0.2) is 5.78 Å². The number of anilines is 2. The SMILES string of the molecule is CCCCCCCCCCCC(=O)c1ccc(N)cc1N. The summed E-state index contributed by atoms with van der Waals surface area (Å²) in [5.74, 6) is 0.135. The molecule has 0 saturated heterocycles. The van der Waals surface area contributed by atoms with Gasteiger partial charge in [-0.25, -0.2) is 0 Å². The number of hydrogen-bond donors (Lipinski definition) is 2. The Morgan fingerprint density at radius 3 is 2.05 bits per heavy atom. The van der Waals surface area contributed by atoms with Crippen molar-refractivity contribution in [3.63, 3.8) is 0 Å². The van der Waals surface area contributed by atoms with Crippen LogP contribution >= 0.6 is 0 Å². The largest absolute Gasteiger partial charge is 0.399 e. The van der Waals surface area contributed by atoms with Crippen LogP contribution in [0.2, 0.25) is 0 Å². The summed E-state index contributed by atoms with van der Waals surface area (Å²) in [6, 6.07) is 5.13. The molecule has 1 aromatic carbocycles. The summed E-state index contributed by atoms with van der Waals surface area (Å²) in [6.07, 6.45) is 11.9. The van der Waals surface area contributed by atoms with Crippen molar-refractivity contribution in [1.29, 1.82) is 0 Å². The average Bonchev–Trinajstić information content (AvgIpc) is 2.45. The summed E-state index contributed by atoms with van der Waals surface area (Å²) in [5, 5.41) is 0. The lowest BCUT2D eigenvalue weighted by Gasteiger charge is -2.06. The lowest BCUT2D eigenvalue weighted by Crippen LogP contribution is -2.04. The molecule has 4 N–H and O–H groups in total. The van der Waals surface area contributed by atoms with Crippen LogP contribution in [0.3, 0.4) is 0 Å². The first-order valence-corrected chi connectivity index (χ1v) is 8.33. The fourth-order valence-electron chi connectivity index (χ4n) is 2.57. The molecule has 0 fully saturated rings. The van der Waals surface area contributed by atoms with E-state index in [1.165, 1.54) is 44.9 Å². The molecule has 1 rings (SSSR count). The molecular weight excluding hydrogens is 260 g/mol. The van der Waals surface area contributed by atoms with Crippen LogP contribution in [-0.2, 0) is 0 Å². The molecule has 118 valence electrons. The van der Waals surface area contributed by atoms with Gasteiger partial charge < -0.3 is 11.5 Å². The lowest BCUT2D eigenvalue weighted by atomic mass is 10.0. The molecule has 0 aliphatic carbocycles. The van der Waals surface area contributed by atoms with Crippen molar-refractivity contribution in [2.24, 2.45) is 0 Å². The normalized spacial score (nSPS) is 10.7. The van der Waals surface area contributed by atoms with E-state index in [2.05, 4.69) is 6.92 Å². The number of unbranched alkanes of at least 4 members (excludes halogenated alkanes) is 8. The topological polar surface area (TPSA) is 69.1 Å². The predicted octanol–water partition coefficient (Wildman–Crippen LogP) is 4.95. The third kappa shape index (κ3) is 7.16. The van der Waals surface area contributed by atoms with Gasteiger partial charge in [0.1, 0.15) is 0 Å². The number of ketones is 1. The van der Waals surface area contributed by atoms with Gasteiger partial charge in [0.25, 0.3) is 0 Å². The maximum atomic E-state index is 12.1. The Labute approximate surface area is 129 Å². The standard InChI is InChI=1S/C18H30N2O/c1-2-3-4-5-6-7-8-9-10-11-18(21)16-13-12-15(19)14-17(16)20/h12-14H,2-11,19-20H2,1H3. The monoisotopic (exact) mass is 290 g/mol. The fraction of sp³-hybridized carbons (Fsp3) is 0.611. The fourth-order valence-corrected chi connectivity index (χ4v) is 2.57. The molecule has 0 aliphatic rings. The summed E-state index contributed by atoms with van der Waals surface area (Å²) < 4.78 is 0. The van der Waals surface area contributed by atoms with Crippen molar-refractivity contribution in [3.05, 3.63) is 23.8 Å². The first-order valence-electron chi connectivity index (χ1n) is 8.33. The molecular formula is C18H30N2O. The molecule has 0 bridgehead atoms. The summed E-state index contributed by atoms with van der Waals surface area (Å²) in [4.78, 5) is 12.1. The number of nitrogens with two attached hydrogens (primary N) is 2. The Balaban J connectivity index is 2.11. The van der Waals surface area contributed by atoms with Gasteiger partial charge in [-0.15, -0.1) is 0 Å². The van der Waals surface area contributed by atoms with E-state index in [4.69, 9.17) is 11.5 Å². The van der Waals surface area contributed by atoms with Gasteiger partial charge in [-0.3, -0.25) is 4.79 Å². The van der Waals surface area contributed by atoms with Crippen LogP contribution in [0, 0.1) is 0 Å². The van der Waals surface area contributed by atoms with Crippen molar-refractivity contribution in [1.82, 2.24) is 0 Å². The van der Waals surface area contributed by atoms with Gasteiger partial charge in [-0.1, -0.05) is 58.3 Å². The predicted molar refractivity (Wildman–Crippen MR) is 91.4 cm³/mol. The number of hydrogen-bond acceptors (Lipinski definition) is 3. The molecule has 1 aromatic rings.